The van der Waals surface area contributed by atoms with Crippen LogP contribution in [0.25, 0.3) is 0 Å². The molecule has 0 aromatic rings. The van der Waals surface area contributed by atoms with E-state index in [9.17, 15) is 8.42 Å². The van der Waals surface area contributed by atoms with Gasteiger partial charge in [0.2, 0.25) is 10.0 Å². The molecule has 6 nitrogen and oxygen atoms in total. The van der Waals surface area contributed by atoms with Crippen molar-refractivity contribution in [2.45, 2.75) is 65.8 Å². The zero-order chi connectivity index (χ0) is 18.2. The van der Waals surface area contributed by atoms with Crippen LogP contribution in [0.1, 0.15) is 59.8 Å². The van der Waals surface area contributed by atoms with Gasteiger partial charge in [0, 0.05) is 32.7 Å². The van der Waals surface area contributed by atoms with Crippen LogP contribution in [0.3, 0.4) is 0 Å². The molecule has 0 bridgehead atoms. The van der Waals surface area contributed by atoms with Crippen molar-refractivity contribution in [2.24, 2.45) is 10.4 Å². The Morgan fingerprint density at radius 2 is 1.84 bits per heavy atom. The third-order valence-electron chi connectivity index (χ3n) is 4.27. The van der Waals surface area contributed by atoms with Gasteiger partial charge in [-0.25, -0.2) is 12.7 Å². The molecule has 0 aromatic heterocycles. The first-order chi connectivity index (χ1) is 11.2. The van der Waals surface area contributed by atoms with Crippen LogP contribution in [0.2, 0.25) is 0 Å². The molecule has 1 rings (SSSR count). The van der Waals surface area contributed by atoms with E-state index in [0.717, 1.165) is 31.8 Å². The minimum Gasteiger partial charge on any atom is -0.356 e. The molecule has 0 aliphatic carbocycles. The summed E-state index contributed by atoms with van der Waals surface area (Å²) >= 11 is 0. The summed E-state index contributed by atoms with van der Waals surface area (Å²) in [4.78, 5) is 4.28. The minimum absolute atomic E-state index is 0. The van der Waals surface area contributed by atoms with Gasteiger partial charge in [-0.15, -0.1) is 24.0 Å². The van der Waals surface area contributed by atoms with Crippen LogP contribution in [0.4, 0.5) is 0 Å². The number of rotatable bonds is 7. The van der Waals surface area contributed by atoms with Gasteiger partial charge in [-0.2, -0.15) is 0 Å². The van der Waals surface area contributed by atoms with Gasteiger partial charge in [0.15, 0.2) is 5.96 Å². The summed E-state index contributed by atoms with van der Waals surface area (Å²) in [6.45, 7) is 10.8. The summed E-state index contributed by atoms with van der Waals surface area (Å²) < 4.78 is 25.8. The zero-order valence-electron chi connectivity index (χ0n) is 16.5. The standard InChI is InChI=1S/C17H36N4O2S.HI/c1-6-14-24(22,23)21-12-8-15(9-13-21)20-16(18-5)19-11-7-10-17(2,3)4;/h15H,6-14H2,1-5H3,(H2,18,19,20);1H. The quantitative estimate of drug-likeness (QED) is 0.250. The van der Waals surface area contributed by atoms with E-state index in [-0.39, 0.29) is 35.8 Å². The van der Waals surface area contributed by atoms with Crippen LogP contribution in [0.5, 0.6) is 0 Å². The largest absolute Gasteiger partial charge is 0.356 e. The zero-order valence-corrected chi connectivity index (χ0v) is 19.6. The number of halogens is 1. The first kappa shape index (κ1) is 24.9. The molecule has 1 aliphatic rings. The maximum absolute atomic E-state index is 12.1. The van der Waals surface area contributed by atoms with Crippen molar-refractivity contribution in [2.75, 3.05) is 32.4 Å². The molecule has 0 saturated carbocycles. The van der Waals surface area contributed by atoms with Gasteiger partial charge >= 0.3 is 0 Å². The van der Waals surface area contributed by atoms with E-state index >= 15 is 0 Å². The lowest BCUT2D eigenvalue weighted by molar-refractivity contribution is 0.305. The van der Waals surface area contributed by atoms with E-state index < -0.39 is 10.0 Å². The third kappa shape index (κ3) is 9.98. The van der Waals surface area contributed by atoms with Gasteiger partial charge in [-0.05, 0) is 37.5 Å². The SMILES string of the molecule is CCCS(=O)(=O)N1CCC(NC(=NC)NCCCC(C)(C)C)CC1.I. The third-order valence-corrected chi connectivity index (χ3v) is 6.35. The highest BCUT2D eigenvalue weighted by atomic mass is 127. The van der Waals surface area contributed by atoms with Gasteiger partial charge < -0.3 is 10.6 Å². The topological polar surface area (TPSA) is 73.8 Å². The van der Waals surface area contributed by atoms with Crippen molar-refractivity contribution in [3.8, 4) is 0 Å². The average Bonchev–Trinajstić information content (AvgIpc) is 2.49. The Labute approximate surface area is 171 Å². The van der Waals surface area contributed by atoms with Gasteiger partial charge in [-0.1, -0.05) is 27.7 Å². The fourth-order valence-corrected chi connectivity index (χ4v) is 4.42. The van der Waals surface area contributed by atoms with Gasteiger partial charge in [0.05, 0.1) is 5.75 Å². The van der Waals surface area contributed by atoms with E-state index in [1.54, 1.807) is 11.4 Å². The molecule has 0 aromatic carbocycles. The van der Waals surface area contributed by atoms with Gasteiger partial charge in [-0.3, -0.25) is 4.99 Å². The predicted molar refractivity (Wildman–Crippen MR) is 117 cm³/mol. The Kier molecular flexibility index (Phi) is 11.5. The van der Waals surface area contributed by atoms with Crippen molar-refractivity contribution in [1.29, 1.82) is 0 Å². The number of guanidine groups is 1. The molecule has 0 unspecified atom stereocenters. The first-order valence-electron chi connectivity index (χ1n) is 9.13. The maximum atomic E-state index is 12.1. The minimum atomic E-state index is -3.06. The van der Waals surface area contributed by atoms with Gasteiger partial charge in [0.1, 0.15) is 0 Å². The lowest BCUT2D eigenvalue weighted by atomic mass is 9.91. The van der Waals surface area contributed by atoms with Crippen molar-refractivity contribution in [3.63, 3.8) is 0 Å². The van der Waals surface area contributed by atoms with E-state index in [4.69, 9.17) is 0 Å². The van der Waals surface area contributed by atoms with Crippen LogP contribution >= 0.6 is 24.0 Å². The highest BCUT2D eigenvalue weighted by Gasteiger charge is 2.27. The number of piperidine rings is 1. The van der Waals surface area contributed by atoms with Gasteiger partial charge in [0.25, 0.3) is 0 Å². The number of hydrogen-bond donors (Lipinski definition) is 2. The Morgan fingerprint density at radius 3 is 2.32 bits per heavy atom. The molecule has 0 radical (unpaired) electrons. The normalized spacial score (nSPS) is 17.9. The first-order valence-corrected chi connectivity index (χ1v) is 10.7. The Morgan fingerprint density at radius 1 is 1.24 bits per heavy atom. The molecule has 1 aliphatic heterocycles. The highest BCUT2D eigenvalue weighted by molar-refractivity contribution is 14.0. The summed E-state index contributed by atoms with van der Waals surface area (Å²) in [7, 11) is -1.29. The summed E-state index contributed by atoms with van der Waals surface area (Å²) in [6.07, 6.45) is 4.60. The van der Waals surface area contributed by atoms with Crippen molar-refractivity contribution >= 4 is 40.0 Å². The lowest BCUT2D eigenvalue weighted by Crippen LogP contribution is -2.50. The number of nitrogens with one attached hydrogen (secondary N) is 2. The number of aliphatic imine (C=N–C) groups is 1. The number of sulfonamides is 1. The second kappa shape index (κ2) is 11.6. The summed E-state index contributed by atoms with van der Waals surface area (Å²) in [6, 6.07) is 0.284. The lowest BCUT2D eigenvalue weighted by Gasteiger charge is -2.32. The molecule has 0 amide bonds. The van der Waals surface area contributed by atoms with Crippen molar-refractivity contribution in [3.05, 3.63) is 0 Å². The molecule has 2 N–H and O–H groups in total. The second-order valence-corrected chi connectivity index (χ2v) is 9.89. The molecule has 1 heterocycles. The molecule has 25 heavy (non-hydrogen) atoms. The average molecular weight is 488 g/mol. The fraction of sp³-hybridized carbons (Fsp3) is 0.941. The maximum Gasteiger partial charge on any atom is 0.214 e. The molecular formula is C17H37IN4O2S. The molecular weight excluding hydrogens is 451 g/mol. The Balaban J connectivity index is 0.00000576. The van der Waals surface area contributed by atoms with E-state index in [2.05, 4.69) is 36.4 Å². The summed E-state index contributed by atoms with van der Waals surface area (Å²) in [5.74, 6) is 1.07. The fourth-order valence-electron chi connectivity index (χ4n) is 2.88. The Bertz CT molecular complexity index is 495. The summed E-state index contributed by atoms with van der Waals surface area (Å²) in [5, 5.41) is 6.78. The Hall–Kier alpha value is -0.0900. The van der Waals surface area contributed by atoms with E-state index in [0.29, 0.717) is 24.9 Å². The number of hydrogen-bond acceptors (Lipinski definition) is 3. The monoisotopic (exact) mass is 488 g/mol. The van der Waals surface area contributed by atoms with Crippen LogP contribution in [0.15, 0.2) is 4.99 Å². The van der Waals surface area contributed by atoms with Crippen LogP contribution in [0, 0.1) is 5.41 Å². The highest BCUT2D eigenvalue weighted by Crippen LogP contribution is 2.19. The van der Waals surface area contributed by atoms with Crippen molar-refractivity contribution in [1.82, 2.24) is 14.9 Å². The van der Waals surface area contributed by atoms with E-state index in [1.807, 2.05) is 6.92 Å². The molecule has 8 heteroatoms. The molecule has 150 valence electrons. The number of nitrogens with zero attached hydrogens (tertiary/aromatic N) is 2. The smallest absolute Gasteiger partial charge is 0.214 e. The predicted octanol–water partition coefficient (Wildman–Crippen LogP) is 2.80. The van der Waals surface area contributed by atoms with E-state index in [1.165, 1.54) is 6.42 Å². The molecule has 0 atom stereocenters. The van der Waals surface area contributed by atoms with Crippen molar-refractivity contribution < 1.29 is 8.42 Å². The second-order valence-electron chi connectivity index (χ2n) is 7.80. The van der Waals surface area contributed by atoms with Crippen LogP contribution < -0.4 is 10.6 Å². The molecule has 1 fully saturated rings. The molecule has 1 saturated heterocycles. The van der Waals surface area contributed by atoms with Crippen LogP contribution in [-0.4, -0.2) is 57.2 Å². The summed E-state index contributed by atoms with van der Waals surface area (Å²) in [5.41, 5.74) is 0.357. The molecule has 0 spiro atoms. The van der Waals surface area contributed by atoms with Crippen LogP contribution in [-0.2, 0) is 10.0 Å².